The van der Waals surface area contributed by atoms with Gasteiger partial charge in [-0.3, -0.25) is 5.10 Å². The Kier molecular flexibility index (Phi) is 5.37. The van der Waals surface area contributed by atoms with Crippen LogP contribution in [0.25, 0.3) is 11.3 Å². The summed E-state index contributed by atoms with van der Waals surface area (Å²) in [6.07, 6.45) is 6.60. The molecule has 0 saturated heterocycles. The SMILES string of the molecule is COc1nc(C2CC2)cc(O[C@@H]2CC[C@H](N)C2)c1-c1cc(Nc2ccc(C#N)cn2)n[nH]1. The molecule has 32 heavy (non-hydrogen) atoms. The first-order chi connectivity index (χ1) is 15.6. The number of aromatic nitrogens is 4. The summed E-state index contributed by atoms with van der Waals surface area (Å²) in [5, 5.41) is 19.5. The molecule has 4 N–H and O–H groups in total. The Balaban J connectivity index is 1.46. The van der Waals surface area contributed by atoms with E-state index in [-0.39, 0.29) is 12.1 Å². The zero-order valence-electron chi connectivity index (χ0n) is 17.8. The minimum atomic E-state index is 0.0753. The van der Waals surface area contributed by atoms with Crippen molar-refractivity contribution in [2.45, 2.75) is 50.2 Å². The Hall–Kier alpha value is -3.64. The van der Waals surface area contributed by atoms with Crippen LogP contribution < -0.4 is 20.5 Å². The Morgan fingerprint density at radius 2 is 2.06 bits per heavy atom. The molecular formula is C23H25N7O2. The number of nitrogens with one attached hydrogen (secondary N) is 2. The minimum Gasteiger partial charge on any atom is -0.489 e. The molecule has 9 nitrogen and oxygen atoms in total. The van der Waals surface area contributed by atoms with Crippen molar-refractivity contribution in [2.24, 2.45) is 5.73 Å². The lowest BCUT2D eigenvalue weighted by Crippen LogP contribution is -2.19. The number of hydrogen-bond donors (Lipinski definition) is 3. The van der Waals surface area contributed by atoms with Crippen molar-refractivity contribution in [1.29, 1.82) is 5.26 Å². The number of nitrogens with zero attached hydrogens (tertiary/aromatic N) is 4. The Morgan fingerprint density at radius 3 is 2.72 bits per heavy atom. The number of aromatic amines is 1. The fraction of sp³-hybridized carbons (Fsp3) is 0.391. The number of rotatable bonds is 7. The normalized spacial score (nSPS) is 20.0. The van der Waals surface area contributed by atoms with Crippen molar-refractivity contribution in [3.8, 4) is 29.0 Å². The third-order valence-electron chi connectivity index (χ3n) is 5.87. The highest BCUT2D eigenvalue weighted by Crippen LogP contribution is 2.45. The standard InChI is InChI=1S/C23H25N7O2/c1-31-23-22(18-10-21(30-29-18)28-20-7-2-13(11-24)12-26-20)19(9-17(27-23)14-3-4-14)32-16-6-5-15(25)8-16/h2,7,9-10,12,14-16H,3-6,8,25H2,1H3,(H2,26,28,29,30)/t15-,16+/m0/s1. The molecule has 3 aromatic rings. The number of methoxy groups -OCH3 is 1. The van der Waals surface area contributed by atoms with Crippen LogP contribution in [0.3, 0.4) is 0 Å². The molecule has 0 spiro atoms. The maximum atomic E-state index is 8.93. The third-order valence-corrected chi connectivity index (χ3v) is 5.87. The van der Waals surface area contributed by atoms with Gasteiger partial charge >= 0.3 is 0 Å². The molecule has 2 atom stereocenters. The van der Waals surface area contributed by atoms with Gasteiger partial charge in [0.15, 0.2) is 5.82 Å². The monoisotopic (exact) mass is 431 g/mol. The average Bonchev–Trinajstić information content (AvgIpc) is 3.44. The van der Waals surface area contributed by atoms with Gasteiger partial charge in [0.25, 0.3) is 0 Å². The van der Waals surface area contributed by atoms with E-state index in [1.54, 1.807) is 19.2 Å². The van der Waals surface area contributed by atoms with Gasteiger partial charge in [0.1, 0.15) is 29.3 Å². The number of H-pyrrole nitrogens is 1. The van der Waals surface area contributed by atoms with Crippen LogP contribution in [0.5, 0.6) is 11.6 Å². The largest absolute Gasteiger partial charge is 0.489 e. The second-order valence-corrected chi connectivity index (χ2v) is 8.35. The first-order valence-electron chi connectivity index (χ1n) is 10.8. The van der Waals surface area contributed by atoms with E-state index in [1.807, 2.05) is 12.1 Å². The Labute approximate surface area is 186 Å². The van der Waals surface area contributed by atoms with E-state index in [1.165, 1.54) is 6.20 Å². The molecule has 2 aliphatic rings. The summed E-state index contributed by atoms with van der Waals surface area (Å²) in [6, 6.07) is 9.57. The molecule has 164 valence electrons. The number of hydrogen-bond acceptors (Lipinski definition) is 8. The van der Waals surface area contributed by atoms with E-state index in [2.05, 4.69) is 26.6 Å². The van der Waals surface area contributed by atoms with Crippen LogP contribution in [0.4, 0.5) is 11.6 Å². The van der Waals surface area contributed by atoms with Crippen LogP contribution >= 0.6 is 0 Å². The van der Waals surface area contributed by atoms with E-state index in [9.17, 15) is 0 Å². The molecule has 0 unspecified atom stereocenters. The molecular weight excluding hydrogens is 406 g/mol. The summed E-state index contributed by atoms with van der Waals surface area (Å²) < 4.78 is 12.1. The van der Waals surface area contributed by atoms with Crippen LogP contribution in [-0.2, 0) is 0 Å². The van der Waals surface area contributed by atoms with Gasteiger partial charge < -0.3 is 20.5 Å². The maximum absolute atomic E-state index is 8.93. The van der Waals surface area contributed by atoms with E-state index < -0.39 is 0 Å². The second kappa shape index (κ2) is 8.48. The fourth-order valence-corrected chi connectivity index (χ4v) is 4.03. The van der Waals surface area contributed by atoms with Crippen LogP contribution in [-0.4, -0.2) is 39.4 Å². The molecule has 0 aromatic carbocycles. The van der Waals surface area contributed by atoms with Crippen molar-refractivity contribution in [1.82, 2.24) is 20.2 Å². The lowest BCUT2D eigenvalue weighted by molar-refractivity contribution is 0.208. The number of pyridine rings is 2. The summed E-state index contributed by atoms with van der Waals surface area (Å²) in [5.41, 5.74) is 9.07. The Morgan fingerprint density at radius 1 is 1.19 bits per heavy atom. The van der Waals surface area contributed by atoms with E-state index in [0.29, 0.717) is 29.0 Å². The van der Waals surface area contributed by atoms with Gasteiger partial charge in [-0.1, -0.05) is 0 Å². The van der Waals surface area contributed by atoms with Gasteiger partial charge in [-0.15, -0.1) is 0 Å². The molecule has 0 radical (unpaired) electrons. The van der Waals surface area contributed by atoms with Crippen molar-refractivity contribution in [2.75, 3.05) is 12.4 Å². The zero-order chi connectivity index (χ0) is 22.1. The quantitative estimate of drug-likeness (QED) is 0.516. The van der Waals surface area contributed by atoms with Crippen molar-refractivity contribution in [3.05, 3.63) is 41.7 Å². The minimum absolute atomic E-state index is 0.0753. The predicted molar refractivity (Wildman–Crippen MR) is 119 cm³/mol. The smallest absolute Gasteiger partial charge is 0.226 e. The molecule has 3 heterocycles. The number of ether oxygens (including phenoxy) is 2. The third kappa shape index (κ3) is 4.22. The molecule has 0 amide bonds. The number of nitriles is 1. The second-order valence-electron chi connectivity index (χ2n) is 8.35. The highest BCUT2D eigenvalue weighted by atomic mass is 16.5. The van der Waals surface area contributed by atoms with Gasteiger partial charge in [-0.25, -0.2) is 9.97 Å². The van der Waals surface area contributed by atoms with Crippen molar-refractivity contribution >= 4 is 11.6 Å². The van der Waals surface area contributed by atoms with Gasteiger partial charge in [-0.2, -0.15) is 10.4 Å². The molecule has 9 heteroatoms. The van der Waals surface area contributed by atoms with E-state index in [4.69, 9.17) is 25.5 Å². The summed E-state index contributed by atoms with van der Waals surface area (Å²) in [4.78, 5) is 8.98. The molecule has 3 aromatic heterocycles. The highest BCUT2D eigenvalue weighted by molar-refractivity contribution is 5.75. The maximum Gasteiger partial charge on any atom is 0.226 e. The predicted octanol–water partition coefficient (Wildman–Crippen LogP) is 3.63. The van der Waals surface area contributed by atoms with Crippen molar-refractivity contribution in [3.63, 3.8) is 0 Å². The van der Waals surface area contributed by atoms with E-state index in [0.717, 1.165) is 54.8 Å². The lowest BCUT2D eigenvalue weighted by Gasteiger charge is -2.19. The average molecular weight is 432 g/mol. The molecule has 0 bridgehead atoms. The molecule has 2 aliphatic carbocycles. The van der Waals surface area contributed by atoms with Crippen molar-refractivity contribution < 1.29 is 9.47 Å². The summed E-state index contributed by atoms with van der Waals surface area (Å²) >= 11 is 0. The van der Waals surface area contributed by atoms with Crippen LogP contribution in [0, 0.1) is 11.3 Å². The lowest BCUT2D eigenvalue weighted by atomic mass is 10.1. The Bertz CT molecular complexity index is 1150. The molecule has 2 saturated carbocycles. The van der Waals surface area contributed by atoms with Gasteiger partial charge in [0.2, 0.25) is 5.88 Å². The van der Waals surface area contributed by atoms with Gasteiger partial charge in [0.05, 0.1) is 24.1 Å². The molecule has 2 fully saturated rings. The summed E-state index contributed by atoms with van der Waals surface area (Å²) in [6.45, 7) is 0. The van der Waals surface area contributed by atoms with Crippen LogP contribution in [0.15, 0.2) is 30.5 Å². The fourth-order valence-electron chi connectivity index (χ4n) is 4.03. The summed E-state index contributed by atoms with van der Waals surface area (Å²) in [5.74, 6) is 2.89. The molecule has 5 rings (SSSR count). The first-order valence-corrected chi connectivity index (χ1v) is 10.8. The molecule has 0 aliphatic heterocycles. The van der Waals surface area contributed by atoms with Crippen LogP contribution in [0.2, 0.25) is 0 Å². The highest BCUT2D eigenvalue weighted by Gasteiger charge is 2.31. The summed E-state index contributed by atoms with van der Waals surface area (Å²) in [7, 11) is 1.62. The van der Waals surface area contributed by atoms with E-state index >= 15 is 0 Å². The number of nitrogens with two attached hydrogens (primary N) is 1. The number of anilines is 2. The zero-order valence-corrected chi connectivity index (χ0v) is 17.8. The van der Waals surface area contributed by atoms with Crippen LogP contribution in [0.1, 0.15) is 49.3 Å². The van der Waals surface area contributed by atoms with Gasteiger partial charge in [0, 0.05) is 30.3 Å². The topological polar surface area (TPSA) is 135 Å². The van der Waals surface area contributed by atoms with Gasteiger partial charge in [-0.05, 0) is 44.2 Å². The first kappa shape index (κ1) is 20.3.